The summed E-state index contributed by atoms with van der Waals surface area (Å²) in [6.07, 6.45) is 0.296. The van der Waals surface area contributed by atoms with E-state index in [0.29, 0.717) is 33.7 Å². The lowest BCUT2D eigenvalue weighted by Crippen LogP contribution is -2.29. The quantitative estimate of drug-likeness (QED) is 0.614. The second-order valence-corrected chi connectivity index (χ2v) is 8.42. The number of rotatable bonds is 6. The van der Waals surface area contributed by atoms with Crippen molar-refractivity contribution in [2.75, 3.05) is 13.6 Å². The number of nitrogens with zero attached hydrogens (tertiary/aromatic N) is 3. The topological polar surface area (TPSA) is 76.3 Å². The molecule has 3 rings (SSSR count). The maximum absolute atomic E-state index is 12.6. The van der Waals surface area contributed by atoms with Gasteiger partial charge in [-0.05, 0) is 30.3 Å². The summed E-state index contributed by atoms with van der Waals surface area (Å²) in [7, 11) is -2.15. The zero-order valence-electron chi connectivity index (χ0n) is 13.8. The van der Waals surface area contributed by atoms with Crippen LogP contribution >= 0.6 is 23.2 Å². The number of sulfonamides is 1. The van der Waals surface area contributed by atoms with E-state index in [1.165, 1.54) is 23.5 Å². The average Bonchev–Trinajstić information content (AvgIpc) is 3.08. The van der Waals surface area contributed by atoms with E-state index in [0.717, 1.165) is 0 Å². The molecule has 0 atom stereocenters. The Balaban J connectivity index is 1.70. The van der Waals surface area contributed by atoms with Crippen molar-refractivity contribution in [3.63, 3.8) is 0 Å². The molecule has 0 saturated carbocycles. The number of aromatic nitrogens is 2. The summed E-state index contributed by atoms with van der Waals surface area (Å²) in [4.78, 5) is 4.41. The fourth-order valence-corrected chi connectivity index (χ4v) is 3.97. The van der Waals surface area contributed by atoms with Crippen LogP contribution < -0.4 is 0 Å². The van der Waals surface area contributed by atoms with Gasteiger partial charge in [-0.2, -0.15) is 4.98 Å². The van der Waals surface area contributed by atoms with Crippen molar-refractivity contribution in [2.24, 2.45) is 0 Å². The average molecular weight is 412 g/mol. The summed E-state index contributed by atoms with van der Waals surface area (Å²) in [6.45, 7) is 0.191. The largest absolute Gasteiger partial charge is 0.334 e. The van der Waals surface area contributed by atoms with E-state index in [-0.39, 0.29) is 11.4 Å². The molecule has 0 amide bonds. The van der Waals surface area contributed by atoms with E-state index in [2.05, 4.69) is 10.1 Å². The third-order valence-corrected chi connectivity index (χ3v) is 6.14. The van der Waals surface area contributed by atoms with Gasteiger partial charge in [0.1, 0.15) is 0 Å². The fraction of sp³-hybridized carbons (Fsp3) is 0.176. The Morgan fingerprint density at radius 3 is 2.62 bits per heavy atom. The van der Waals surface area contributed by atoms with Gasteiger partial charge in [0.15, 0.2) is 5.82 Å². The summed E-state index contributed by atoms with van der Waals surface area (Å²) >= 11 is 12.0. The van der Waals surface area contributed by atoms with Gasteiger partial charge in [0.2, 0.25) is 10.0 Å². The molecule has 1 heterocycles. The Kier molecular flexibility index (Phi) is 5.62. The third-order valence-electron chi connectivity index (χ3n) is 3.73. The maximum Gasteiger partial charge on any atom is 0.259 e. The van der Waals surface area contributed by atoms with Gasteiger partial charge in [-0.15, -0.1) is 0 Å². The molecule has 136 valence electrons. The van der Waals surface area contributed by atoms with E-state index >= 15 is 0 Å². The number of hydrogen-bond acceptors (Lipinski definition) is 5. The molecule has 6 nitrogen and oxygen atoms in total. The van der Waals surface area contributed by atoms with Crippen molar-refractivity contribution in [1.82, 2.24) is 14.4 Å². The first-order chi connectivity index (χ1) is 12.4. The van der Waals surface area contributed by atoms with E-state index in [1.807, 2.05) is 6.07 Å². The molecule has 0 radical (unpaired) electrons. The molecule has 3 aromatic rings. The maximum atomic E-state index is 12.6. The molecule has 0 saturated heterocycles. The monoisotopic (exact) mass is 411 g/mol. The van der Waals surface area contributed by atoms with Gasteiger partial charge in [-0.25, -0.2) is 12.7 Å². The lowest BCUT2D eigenvalue weighted by molar-refractivity contribution is 0.415. The lowest BCUT2D eigenvalue weighted by atomic mass is 10.2. The highest BCUT2D eigenvalue weighted by molar-refractivity contribution is 7.89. The summed E-state index contributed by atoms with van der Waals surface area (Å²) < 4.78 is 31.6. The van der Waals surface area contributed by atoms with Crippen LogP contribution in [0.1, 0.15) is 5.82 Å². The summed E-state index contributed by atoms with van der Waals surface area (Å²) in [5.41, 5.74) is 0.632. The van der Waals surface area contributed by atoms with Crippen LogP contribution in [-0.2, 0) is 16.4 Å². The van der Waals surface area contributed by atoms with Gasteiger partial charge in [0.05, 0.1) is 15.5 Å². The number of benzene rings is 2. The van der Waals surface area contributed by atoms with Gasteiger partial charge in [-0.1, -0.05) is 46.6 Å². The predicted molar refractivity (Wildman–Crippen MR) is 99.7 cm³/mol. The smallest absolute Gasteiger partial charge is 0.259 e. The van der Waals surface area contributed by atoms with E-state index in [9.17, 15) is 8.42 Å². The van der Waals surface area contributed by atoms with Crippen LogP contribution in [0.2, 0.25) is 10.0 Å². The molecule has 1 aromatic heterocycles. The van der Waals surface area contributed by atoms with Crippen LogP contribution in [0.15, 0.2) is 57.9 Å². The van der Waals surface area contributed by atoms with Crippen molar-refractivity contribution in [1.29, 1.82) is 0 Å². The van der Waals surface area contributed by atoms with Crippen LogP contribution in [0.3, 0.4) is 0 Å². The molecule has 0 spiro atoms. The zero-order valence-corrected chi connectivity index (χ0v) is 16.1. The highest BCUT2D eigenvalue weighted by atomic mass is 35.5. The van der Waals surface area contributed by atoms with Crippen LogP contribution in [-0.4, -0.2) is 36.5 Å². The van der Waals surface area contributed by atoms with Crippen LogP contribution in [0.4, 0.5) is 0 Å². The van der Waals surface area contributed by atoms with E-state index < -0.39 is 10.0 Å². The molecule has 0 fully saturated rings. The van der Waals surface area contributed by atoms with Crippen molar-refractivity contribution >= 4 is 33.2 Å². The summed E-state index contributed by atoms with van der Waals surface area (Å²) in [5, 5.41) is 4.75. The first-order valence-electron chi connectivity index (χ1n) is 7.67. The molecule has 0 aliphatic heterocycles. The summed E-state index contributed by atoms with van der Waals surface area (Å²) in [6, 6.07) is 13.3. The number of hydrogen-bond donors (Lipinski definition) is 0. The molecule has 0 N–H and O–H groups in total. The van der Waals surface area contributed by atoms with Crippen molar-refractivity contribution in [3.8, 4) is 11.5 Å². The van der Waals surface area contributed by atoms with Gasteiger partial charge < -0.3 is 4.52 Å². The Hall–Kier alpha value is -1.93. The Morgan fingerprint density at radius 1 is 1.12 bits per heavy atom. The molecular weight excluding hydrogens is 397 g/mol. The first kappa shape index (κ1) is 18.8. The molecule has 0 unspecified atom stereocenters. The molecule has 0 bridgehead atoms. The lowest BCUT2D eigenvalue weighted by Gasteiger charge is -2.16. The van der Waals surface area contributed by atoms with E-state index in [4.69, 9.17) is 27.7 Å². The molecule has 0 aliphatic carbocycles. The number of halogens is 2. The Labute approximate surface area is 161 Å². The van der Waals surface area contributed by atoms with Crippen molar-refractivity contribution in [2.45, 2.75) is 11.3 Å². The minimum absolute atomic E-state index is 0.136. The van der Waals surface area contributed by atoms with Crippen LogP contribution in [0.5, 0.6) is 0 Å². The van der Waals surface area contributed by atoms with Crippen molar-refractivity contribution < 1.29 is 12.9 Å². The van der Waals surface area contributed by atoms with Gasteiger partial charge in [0, 0.05) is 25.0 Å². The SMILES string of the molecule is CN(CCc1noc(-c2ccccc2Cl)n1)S(=O)(=O)c1cccc(Cl)c1. The van der Waals surface area contributed by atoms with Crippen molar-refractivity contribution in [3.05, 3.63) is 64.4 Å². The van der Waals surface area contributed by atoms with E-state index in [1.54, 1.807) is 30.3 Å². The standard InChI is InChI=1S/C17H15Cl2N3O3S/c1-22(26(23,24)13-6-4-5-12(18)11-13)10-9-16-20-17(25-21-16)14-7-2-3-8-15(14)19/h2-8,11H,9-10H2,1H3. The first-order valence-corrected chi connectivity index (χ1v) is 9.87. The Morgan fingerprint density at radius 2 is 1.88 bits per heavy atom. The number of likely N-dealkylation sites (N-methyl/N-ethyl adjacent to an activating group) is 1. The molecule has 26 heavy (non-hydrogen) atoms. The molecular formula is C17H15Cl2N3O3S. The van der Waals surface area contributed by atoms with Gasteiger partial charge in [-0.3, -0.25) is 0 Å². The second kappa shape index (κ2) is 7.75. The molecule has 2 aromatic carbocycles. The highest BCUT2D eigenvalue weighted by Crippen LogP contribution is 2.26. The molecule has 0 aliphatic rings. The van der Waals surface area contributed by atoms with Gasteiger partial charge >= 0.3 is 0 Å². The highest BCUT2D eigenvalue weighted by Gasteiger charge is 2.21. The zero-order chi connectivity index (χ0) is 18.7. The fourth-order valence-electron chi connectivity index (χ4n) is 2.28. The molecule has 9 heteroatoms. The summed E-state index contributed by atoms with van der Waals surface area (Å²) in [5.74, 6) is 0.694. The van der Waals surface area contributed by atoms with Crippen LogP contribution in [0, 0.1) is 0 Å². The second-order valence-electron chi connectivity index (χ2n) is 5.53. The predicted octanol–water partition coefficient (Wildman–Crippen LogP) is 3.91. The van der Waals surface area contributed by atoms with Gasteiger partial charge in [0.25, 0.3) is 5.89 Å². The Bertz CT molecular complexity index is 1020. The minimum Gasteiger partial charge on any atom is -0.334 e. The van der Waals surface area contributed by atoms with Crippen LogP contribution in [0.25, 0.3) is 11.5 Å². The minimum atomic E-state index is -3.64. The third kappa shape index (κ3) is 4.07. The normalized spacial score (nSPS) is 11.8.